The fourth-order valence-corrected chi connectivity index (χ4v) is 3.20. The van der Waals surface area contributed by atoms with E-state index in [9.17, 15) is 9.90 Å². The van der Waals surface area contributed by atoms with E-state index in [0.717, 1.165) is 5.56 Å². The highest BCUT2D eigenvalue weighted by Gasteiger charge is 2.40. The van der Waals surface area contributed by atoms with Crippen LogP contribution >= 0.6 is 23.2 Å². The van der Waals surface area contributed by atoms with Crippen LogP contribution in [-0.4, -0.2) is 36.6 Å². The summed E-state index contributed by atoms with van der Waals surface area (Å²) in [5.74, 6) is -0.844. The maximum Gasteiger partial charge on any atom is 0.323 e. The Bertz CT molecular complexity index is 520. The second kappa shape index (κ2) is 7.62. The van der Waals surface area contributed by atoms with E-state index in [4.69, 9.17) is 32.7 Å². The standard InChI is InChI=1S/C15H19Cl2NO4/c1-8-3-12(22-14(8)13(18-2)15(19)20)21-7-9-4-10(16)6-11(17)5-9/h4-6,8,12-14,18H,3,7H2,1-2H3,(H,19,20)/t8-,12?,13?,14-/m1/s1. The number of carbonyl (C=O) groups is 1. The minimum Gasteiger partial charge on any atom is -0.480 e. The van der Waals surface area contributed by atoms with Crippen molar-refractivity contribution in [1.82, 2.24) is 5.32 Å². The normalized spacial score (nSPS) is 26.1. The molecule has 1 aliphatic rings. The molecule has 122 valence electrons. The van der Waals surface area contributed by atoms with Crippen molar-refractivity contribution in [3.8, 4) is 0 Å². The Labute approximate surface area is 139 Å². The fourth-order valence-electron chi connectivity index (χ4n) is 2.63. The van der Waals surface area contributed by atoms with E-state index in [1.165, 1.54) is 0 Å². The highest BCUT2D eigenvalue weighted by Crippen LogP contribution is 2.30. The molecule has 2 unspecified atom stereocenters. The molecule has 0 aliphatic carbocycles. The Morgan fingerprint density at radius 3 is 2.64 bits per heavy atom. The number of carboxylic acid groups (broad SMARTS) is 1. The van der Waals surface area contributed by atoms with Crippen LogP contribution in [-0.2, 0) is 20.9 Å². The van der Waals surface area contributed by atoms with E-state index in [-0.39, 0.29) is 5.92 Å². The topological polar surface area (TPSA) is 67.8 Å². The Hall–Kier alpha value is -0.850. The van der Waals surface area contributed by atoms with Crippen molar-refractivity contribution in [2.45, 2.75) is 38.4 Å². The van der Waals surface area contributed by atoms with Crippen molar-refractivity contribution in [2.75, 3.05) is 7.05 Å². The van der Waals surface area contributed by atoms with Gasteiger partial charge in [0.25, 0.3) is 0 Å². The van der Waals surface area contributed by atoms with Crippen molar-refractivity contribution >= 4 is 29.2 Å². The monoisotopic (exact) mass is 347 g/mol. The van der Waals surface area contributed by atoms with Crippen LogP contribution in [0.3, 0.4) is 0 Å². The first kappa shape index (κ1) is 17.5. The Balaban J connectivity index is 1.93. The number of rotatable bonds is 6. The maximum absolute atomic E-state index is 11.2. The van der Waals surface area contributed by atoms with Gasteiger partial charge in [-0.25, -0.2) is 0 Å². The summed E-state index contributed by atoms with van der Waals surface area (Å²) >= 11 is 11.9. The molecule has 1 heterocycles. The van der Waals surface area contributed by atoms with Gasteiger partial charge in [-0.2, -0.15) is 0 Å². The molecule has 2 rings (SSSR count). The third kappa shape index (κ3) is 4.33. The zero-order chi connectivity index (χ0) is 16.3. The summed E-state index contributed by atoms with van der Waals surface area (Å²) in [6.45, 7) is 2.26. The minimum absolute atomic E-state index is 0.0847. The minimum atomic E-state index is -0.929. The number of hydrogen-bond donors (Lipinski definition) is 2. The van der Waals surface area contributed by atoms with Gasteiger partial charge in [0.2, 0.25) is 0 Å². The summed E-state index contributed by atoms with van der Waals surface area (Å²) in [5.41, 5.74) is 0.848. The van der Waals surface area contributed by atoms with Crippen LogP contribution in [0.2, 0.25) is 10.0 Å². The van der Waals surface area contributed by atoms with Gasteiger partial charge < -0.3 is 19.9 Å². The first-order chi connectivity index (χ1) is 10.4. The summed E-state index contributed by atoms with van der Waals surface area (Å²) in [4.78, 5) is 11.2. The van der Waals surface area contributed by atoms with Crippen LogP contribution in [0.5, 0.6) is 0 Å². The van der Waals surface area contributed by atoms with Gasteiger partial charge in [0.05, 0.1) is 12.7 Å². The third-order valence-corrected chi connectivity index (χ3v) is 4.13. The van der Waals surface area contributed by atoms with Crippen LogP contribution in [0.1, 0.15) is 18.9 Å². The average molecular weight is 348 g/mol. The lowest BCUT2D eigenvalue weighted by Crippen LogP contribution is -2.46. The predicted octanol–water partition coefficient (Wildman–Crippen LogP) is 2.93. The molecule has 0 spiro atoms. The lowest BCUT2D eigenvalue weighted by molar-refractivity contribution is -0.160. The number of aliphatic carboxylic acids is 1. The number of likely N-dealkylation sites (N-methyl/N-ethyl adjacent to an activating group) is 1. The molecule has 2 N–H and O–H groups in total. The van der Waals surface area contributed by atoms with E-state index < -0.39 is 24.4 Å². The highest BCUT2D eigenvalue weighted by molar-refractivity contribution is 6.34. The van der Waals surface area contributed by atoms with Gasteiger partial charge >= 0.3 is 5.97 Å². The van der Waals surface area contributed by atoms with Gasteiger partial charge in [0.15, 0.2) is 6.29 Å². The predicted molar refractivity (Wildman–Crippen MR) is 84.2 cm³/mol. The summed E-state index contributed by atoms with van der Waals surface area (Å²) < 4.78 is 11.5. The summed E-state index contributed by atoms with van der Waals surface area (Å²) in [6.07, 6.45) is -0.215. The molecule has 1 saturated heterocycles. The van der Waals surface area contributed by atoms with Crippen LogP contribution in [0.4, 0.5) is 0 Å². The molecule has 5 nitrogen and oxygen atoms in total. The third-order valence-electron chi connectivity index (χ3n) is 3.70. The molecule has 0 radical (unpaired) electrons. The molecule has 1 aromatic carbocycles. The average Bonchev–Trinajstić information content (AvgIpc) is 2.77. The summed E-state index contributed by atoms with van der Waals surface area (Å²) in [7, 11) is 1.61. The van der Waals surface area contributed by atoms with Crippen molar-refractivity contribution in [2.24, 2.45) is 5.92 Å². The molecule has 0 bridgehead atoms. The van der Waals surface area contributed by atoms with Crippen LogP contribution < -0.4 is 5.32 Å². The Kier molecular flexibility index (Phi) is 6.06. The van der Waals surface area contributed by atoms with E-state index in [1.54, 1.807) is 25.2 Å². The quantitative estimate of drug-likeness (QED) is 0.827. The lowest BCUT2D eigenvalue weighted by atomic mass is 9.97. The number of nitrogens with one attached hydrogen (secondary N) is 1. The van der Waals surface area contributed by atoms with Gasteiger partial charge in [-0.1, -0.05) is 30.1 Å². The molecule has 1 fully saturated rings. The van der Waals surface area contributed by atoms with Crippen molar-refractivity contribution in [1.29, 1.82) is 0 Å². The summed E-state index contributed by atoms with van der Waals surface area (Å²) in [5, 5.41) is 13.1. The van der Waals surface area contributed by atoms with E-state index in [1.807, 2.05) is 6.92 Å². The molecule has 0 saturated carbocycles. The number of benzene rings is 1. The van der Waals surface area contributed by atoms with Crippen LogP contribution in [0.25, 0.3) is 0 Å². The maximum atomic E-state index is 11.2. The summed E-state index contributed by atoms with van der Waals surface area (Å²) in [6, 6.07) is 4.46. The Morgan fingerprint density at radius 2 is 2.09 bits per heavy atom. The van der Waals surface area contributed by atoms with Crippen LogP contribution in [0.15, 0.2) is 18.2 Å². The highest BCUT2D eigenvalue weighted by atomic mass is 35.5. The first-order valence-electron chi connectivity index (χ1n) is 7.02. The smallest absolute Gasteiger partial charge is 0.323 e. The lowest BCUT2D eigenvalue weighted by Gasteiger charge is -2.22. The van der Waals surface area contributed by atoms with Gasteiger partial charge in [-0.15, -0.1) is 0 Å². The van der Waals surface area contributed by atoms with Crippen molar-refractivity contribution in [3.05, 3.63) is 33.8 Å². The molecule has 1 aromatic rings. The molecule has 4 atom stereocenters. The van der Waals surface area contributed by atoms with Crippen LogP contribution in [0, 0.1) is 5.92 Å². The zero-order valence-corrected chi connectivity index (χ0v) is 13.9. The van der Waals surface area contributed by atoms with Gasteiger partial charge in [0.1, 0.15) is 6.04 Å². The fraction of sp³-hybridized carbons (Fsp3) is 0.533. The van der Waals surface area contributed by atoms with E-state index in [2.05, 4.69) is 5.32 Å². The Morgan fingerprint density at radius 1 is 1.45 bits per heavy atom. The molecule has 22 heavy (non-hydrogen) atoms. The second-order valence-corrected chi connectivity index (χ2v) is 6.31. The molecular formula is C15H19Cl2NO4. The SMILES string of the molecule is CNC(C(=O)O)[C@@H]1OC(OCc2cc(Cl)cc(Cl)c2)C[C@H]1C. The van der Waals surface area contributed by atoms with E-state index >= 15 is 0 Å². The molecule has 7 heteroatoms. The number of halogens is 2. The van der Waals surface area contributed by atoms with Crippen molar-refractivity contribution < 1.29 is 19.4 Å². The van der Waals surface area contributed by atoms with Crippen molar-refractivity contribution in [3.63, 3.8) is 0 Å². The molecule has 0 amide bonds. The molecule has 0 aromatic heterocycles. The first-order valence-corrected chi connectivity index (χ1v) is 7.78. The van der Waals surface area contributed by atoms with E-state index in [0.29, 0.717) is 23.1 Å². The number of ether oxygens (including phenoxy) is 2. The zero-order valence-electron chi connectivity index (χ0n) is 12.4. The van der Waals surface area contributed by atoms with Gasteiger partial charge in [-0.3, -0.25) is 4.79 Å². The largest absolute Gasteiger partial charge is 0.480 e. The molecular weight excluding hydrogens is 329 g/mol. The van der Waals surface area contributed by atoms with Gasteiger partial charge in [0, 0.05) is 16.5 Å². The number of carboxylic acids is 1. The van der Waals surface area contributed by atoms with Gasteiger partial charge in [-0.05, 0) is 36.7 Å². The molecule has 1 aliphatic heterocycles. The second-order valence-electron chi connectivity index (χ2n) is 5.44. The number of hydrogen-bond acceptors (Lipinski definition) is 4.